The van der Waals surface area contributed by atoms with Gasteiger partial charge in [-0.25, -0.2) is 0 Å². The zero-order chi connectivity index (χ0) is 13.7. The van der Waals surface area contributed by atoms with Gasteiger partial charge in [-0.05, 0) is 33.8 Å². The standard InChI is InChI=1S/C13H21N3O2/c1-8(2)15-13(17)10(4)16-11-6-9(3)14-7-12(11)18-5/h6-8,10H,1-5H3,(H,14,16)(H,15,17). The Labute approximate surface area is 108 Å². The van der Waals surface area contributed by atoms with Crippen molar-refractivity contribution in [3.05, 3.63) is 18.0 Å². The Morgan fingerprint density at radius 2 is 2.06 bits per heavy atom. The van der Waals surface area contributed by atoms with Crippen molar-refractivity contribution in [1.82, 2.24) is 10.3 Å². The molecule has 0 aliphatic rings. The number of hydrogen-bond donors (Lipinski definition) is 2. The van der Waals surface area contributed by atoms with Gasteiger partial charge in [0.15, 0.2) is 5.75 Å². The fourth-order valence-corrected chi connectivity index (χ4v) is 1.53. The van der Waals surface area contributed by atoms with E-state index in [2.05, 4.69) is 15.6 Å². The number of aromatic nitrogens is 1. The molecule has 0 radical (unpaired) electrons. The van der Waals surface area contributed by atoms with Gasteiger partial charge in [-0.1, -0.05) is 0 Å². The molecule has 100 valence electrons. The first-order valence-corrected chi connectivity index (χ1v) is 6.01. The van der Waals surface area contributed by atoms with Gasteiger partial charge in [0.1, 0.15) is 6.04 Å². The van der Waals surface area contributed by atoms with E-state index in [1.807, 2.05) is 33.8 Å². The lowest BCUT2D eigenvalue weighted by molar-refractivity contribution is -0.122. The van der Waals surface area contributed by atoms with Gasteiger partial charge in [-0.3, -0.25) is 9.78 Å². The van der Waals surface area contributed by atoms with Crippen molar-refractivity contribution in [3.63, 3.8) is 0 Å². The summed E-state index contributed by atoms with van der Waals surface area (Å²) >= 11 is 0. The van der Waals surface area contributed by atoms with Gasteiger partial charge in [0, 0.05) is 11.7 Å². The smallest absolute Gasteiger partial charge is 0.242 e. The molecule has 1 unspecified atom stereocenters. The van der Waals surface area contributed by atoms with Crippen LogP contribution in [0.3, 0.4) is 0 Å². The van der Waals surface area contributed by atoms with Crippen molar-refractivity contribution in [2.45, 2.75) is 39.8 Å². The Bertz CT molecular complexity index is 419. The Balaban J connectivity index is 2.77. The number of carbonyl (C=O) groups excluding carboxylic acids is 1. The molecule has 1 rings (SSSR count). The maximum atomic E-state index is 11.8. The van der Waals surface area contributed by atoms with Crippen LogP contribution in [0.1, 0.15) is 26.5 Å². The van der Waals surface area contributed by atoms with Gasteiger partial charge in [-0.2, -0.15) is 0 Å². The Hall–Kier alpha value is -1.78. The average molecular weight is 251 g/mol. The molecular formula is C13H21N3O2. The highest BCUT2D eigenvalue weighted by atomic mass is 16.5. The summed E-state index contributed by atoms with van der Waals surface area (Å²) in [7, 11) is 1.58. The Morgan fingerprint density at radius 1 is 1.39 bits per heavy atom. The van der Waals surface area contributed by atoms with Crippen LogP contribution in [0.25, 0.3) is 0 Å². The summed E-state index contributed by atoms with van der Waals surface area (Å²) in [5, 5.41) is 5.99. The van der Waals surface area contributed by atoms with E-state index in [0.29, 0.717) is 5.75 Å². The summed E-state index contributed by atoms with van der Waals surface area (Å²) in [5.74, 6) is 0.589. The molecule has 0 spiro atoms. The lowest BCUT2D eigenvalue weighted by atomic mass is 10.2. The second-order valence-electron chi connectivity index (χ2n) is 4.56. The molecule has 0 aromatic carbocycles. The number of methoxy groups -OCH3 is 1. The number of amides is 1. The molecule has 0 saturated heterocycles. The van der Waals surface area contributed by atoms with Gasteiger partial charge in [0.2, 0.25) is 5.91 Å². The summed E-state index contributed by atoms with van der Waals surface area (Å²) in [6, 6.07) is 1.66. The number of anilines is 1. The molecule has 1 aromatic heterocycles. The summed E-state index contributed by atoms with van der Waals surface area (Å²) in [5.41, 5.74) is 1.64. The second-order valence-corrected chi connectivity index (χ2v) is 4.56. The first-order valence-electron chi connectivity index (χ1n) is 6.01. The van der Waals surface area contributed by atoms with E-state index in [1.165, 1.54) is 0 Å². The van der Waals surface area contributed by atoms with E-state index in [9.17, 15) is 4.79 Å². The SMILES string of the molecule is COc1cnc(C)cc1NC(C)C(=O)NC(C)C. The number of rotatable bonds is 5. The third-order valence-corrected chi connectivity index (χ3v) is 2.42. The highest BCUT2D eigenvalue weighted by molar-refractivity contribution is 5.84. The van der Waals surface area contributed by atoms with Crippen LogP contribution in [0.2, 0.25) is 0 Å². The van der Waals surface area contributed by atoms with Crippen LogP contribution in [0.4, 0.5) is 5.69 Å². The molecule has 5 nitrogen and oxygen atoms in total. The molecule has 0 aliphatic heterocycles. The van der Waals surface area contributed by atoms with Crippen LogP contribution in [0.5, 0.6) is 5.75 Å². The number of aryl methyl sites for hydroxylation is 1. The number of pyridine rings is 1. The highest BCUT2D eigenvalue weighted by Gasteiger charge is 2.15. The van der Waals surface area contributed by atoms with Crippen LogP contribution in [0, 0.1) is 6.92 Å². The number of nitrogens with zero attached hydrogens (tertiary/aromatic N) is 1. The fourth-order valence-electron chi connectivity index (χ4n) is 1.53. The predicted molar refractivity (Wildman–Crippen MR) is 71.9 cm³/mol. The number of ether oxygens (including phenoxy) is 1. The molecule has 5 heteroatoms. The lowest BCUT2D eigenvalue weighted by Gasteiger charge is -2.18. The van der Waals surface area contributed by atoms with Crippen LogP contribution in [0.15, 0.2) is 12.3 Å². The normalized spacial score (nSPS) is 12.1. The number of carbonyl (C=O) groups is 1. The van der Waals surface area contributed by atoms with E-state index in [-0.39, 0.29) is 18.0 Å². The van der Waals surface area contributed by atoms with E-state index in [4.69, 9.17) is 4.74 Å². The van der Waals surface area contributed by atoms with E-state index >= 15 is 0 Å². The summed E-state index contributed by atoms with van der Waals surface area (Å²) < 4.78 is 5.21. The molecule has 1 heterocycles. The molecule has 2 N–H and O–H groups in total. The molecule has 18 heavy (non-hydrogen) atoms. The molecule has 0 saturated carbocycles. The minimum absolute atomic E-state index is 0.0403. The van der Waals surface area contributed by atoms with Gasteiger partial charge >= 0.3 is 0 Å². The van der Waals surface area contributed by atoms with E-state index in [1.54, 1.807) is 13.3 Å². The molecular weight excluding hydrogens is 230 g/mol. The van der Waals surface area contributed by atoms with Crippen molar-refractivity contribution in [1.29, 1.82) is 0 Å². The highest BCUT2D eigenvalue weighted by Crippen LogP contribution is 2.24. The fraction of sp³-hybridized carbons (Fsp3) is 0.538. The molecule has 0 fully saturated rings. The largest absolute Gasteiger partial charge is 0.493 e. The summed E-state index contributed by atoms with van der Waals surface area (Å²) in [6.45, 7) is 7.57. The minimum Gasteiger partial charge on any atom is -0.493 e. The second kappa shape index (κ2) is 6.23. The summed E-state index contributed by atoms with van der Waals surface area (Å²) in [4.78, 5) is 16.0. The maximum absolute atomic E-state index is 11.8. The minimum atomic E-state index is -0.330. The Morgan fingerprint density at radius 3 is 2.61 bits per heavy atom. The summed E-state index contributed by atoms with van der Waals surface area (Å²) in [6.07, 6.45) is 1.64. The first-order chi connectivity index (χ1) is 8.43. The Kier molecular flexibility index (Phi) is 4.95. The van der Waals surface area contributed by atoms with Gasteiger partial charge in [0.25, 0.3) is 0 Å². The molecule has 1 amide bonds. The van der Waals surface area contributed by atoms with Gasteiger partial charge in [0.05, 0.1) is 19.0 Å². The van der Waals surface area contributed by atoms with Gasteiger partial charge in [-0.15, -0.1) is 0 Å². The first kappa shape index (κ1) is 14.3. The monoisotopic (exact) mass is 251 g/mol. The zero-order valence-corrected chi connectivity index (χ0v) is 11.6. The molecule has 0 aliphatic carbocycles. The van der Waals surface area contributed by atoms with Crippen molar-refractivity contribution in [2.24, 2.45) is 0 Å². The van der Waals surface area contributed by atoms with Crippen LogP contribution >= 0.6 is 0 Å². The van der Waals surface area contributed by atoms with Crippen LogP contribution in [-0.2, 0) is 4.79 Å². The topological polar surface area (TPSA) is 63.2 Å². The lowest BCUT2D eigenvalue weighted by Crippen LogP contribution is -2.41. The predicted octanol–water partition coefficient (Wildman–Crippen LogP) is 1.72. The van der Waals surface area contributed by atoms with Crippen molar-refractivity contribution in [2.75, 3.05) is 12.4 Å². The third-order valence-electron chi connectivity index (χ3n) is 2.42. The molecule has 1 atom stereocenters. The van der Waals surface area contributed by atoms with Crippen LogP contribution in [-0.4, -0.2) is 30.1 Å². The molecule has 0 bridgehead atoms. The molecule has 1 aromatic rings. The van der Waals surface area contributed by atoms with Crippen molar-refractivity contribution < 1.29 is 9.53 Å². The third kappa shape index (κ3) is 3.91. The van der Waals surface area contributed by atoms with E-state index < -0.39 is 0 Å². The van der Waals surface area contributed by atoms with E-state index in [0.717, 1.165) is 11.4 Å². The van der Waals surface area contributed by atoms with Crippen molar-refractivity contribution >= 4 is 11.6 Å². The zero-order valence-electron chi connectivity index (χ0n) is 11.6. The van der Waals surface area contributed by atoms with Gasteiger partial charge < -0.3 is 15.4 Å². The number of hydrogen-bond acceptors (Lipinski definition) is 4. The maximum Gasteiger partial charge on any atom is 0.242 e. The van der Waals surface area contributed by atoms with Crippen molar-refractivity contribution in [3.8, 4) is 5.75 Å². The quantitative estimate of drug-likeness (QED) is 0.836. The van der Waals surface area contributed by atoms with Crippen LogP contribution < -0.4 is 15.4 Å². The average Bonchev–Trinajstić information content (AvgIpc) is 2.28. The number of nitrogens with one attached hydrogen (secondary N) is 2.